The number of esters is 1. The van der Waals surface area contributed by atoms with E-state index in [1.165, 1.54) is 11.6 Å². The first-order valence-corrected chi connectivity index (χ1v) is 11.6. The second-order valence-corrected chi connectivity index (χ2v) is 11.2. The highest BCUT2D eigenvalue weighted by Crippen LogP contribution is 2.62. The number of methoxy groups -OCH3 is 1. The quantitative estimate of drug-likeness (QED) is 0.334. The maximum absolute atomic E-state index is 12.0. The molecule has 172 valence electrons. The minimum atomic E-state index is -0.637. The second-order valence-electron chi connectivity index (χ2n) is 11.2. The van der Waals surface area contributed by atoms with Crippen LogP contribution in [0.1, 0.15) is 67.2 Å². The Morgan fingerprint density at radius 2 is 1.87 bits per heavy atom. The van der Waals surface area contributed by atoms with E-state index in [0.29, 0.717) is 18.4 Å². The van der Waals surface area contributed by atoms with E-state index in [-0.39, 0.29) is 28.8 Å². The predicted octanol–water partition coefficient (Wildman–Crippen LogP) is 5.52. The van der Waals surface area contributed by atoms with E-state index in [4.69, 9.17) is 18.9 Å². The zero-order valence-corrected chi connectivity index (χ0v) is 20.1. The van der Waals surface area contributed by atoms with E-state index in [1.54, 1.807) is 13.4 Å². The molecule has 2 aliphatic carbocycles. The van der Waals surface area contributed by atoms with Gasteiger partial charge in [-0.25, -0.2) is 4.79 Å². The Hall–Kier alpha value is -1.59. The van der Waals surface area contributed by atoms with Crippen LogP contribution in [-0.2, 0) is 23.7 Å². The zero-order chi connectivity index (χ0) is 22.6. The molecule has 3 fully saturated rings. The van der Waals surface area contributed by atoms with Crippen molar-refractivity contribution >= 4 is 5.97 Å². The van der Waals surface area contributed by atoms with Crippen LogP contribution in [0.3, 0.4) is 0 Å². The molecule has 0 radical (unpaired) electrons. The van der Waals surface area contributed by atoms with Crippen molar-refractivity contribution in [1.29, 1.82) is 0 Å². The Labute approximate surface area is 186 Å². The molecule has 0 aromatic heterocycles. The molecular formula is C26H38O5. The number of carbonyl (C=O) groups is 1. The Balaban J connectivity index is 1.72. The number of hydrogen-bond acceptors (Lipinski definition) is 5. The highest BCUT2D eigenvalue weighted by molar-refractivity contribution is 5.83. The molecule has 2 bridgehead atoms. The first kappa shape index (κ1) is 22.6. The summed E-state index contributed by atoms with van der Waals surface area (Å²) in [6.07, 6.45) is 9.39. The van der Waals surface area contributed by atoms with Gasteiger partial charge >= 0.3 is 5.97 Å². The van der Waals surface area contributed by atoms with Gasteiger partial charge < -0.3 is 18.9 Å². The smallest absolute Gasteiger partial charge is 0.335 e. The Morgan fingerprint density at radius 1 is 1.13 bits per heavy atom. The highest BCUT2D eigenvalue weighted by Gasteiger charge is 2.58. The van der Waals surface area contributed by atoms with E-state index < -0.39 is 5.79 Å². The zero-order valence-electron chi connectivity index (χ0n) is 20.1. The number of fused-ring (bicyclic) bond motifs is 2. The molecule has 2 aliphatic heterocycles. The number of allylic oxidation sites excluding steroid dienone is 3. The third kappa shape index (κ3) is 4.00. The summed E-state index contributed by atoms with van der Waals surface area (Å²) in [5, 5.41) is 0. The molecule has 0 aromatic carbocycles. The van der Waals surface area contributed by atoms with Crippen LogP contribution in [0.2, 0.25) is 0 Å². The van der Waals surface area contributed by atoms with Crippen molar-refractivity contribution < 1.29 is 23.7 Å². The maximum Gasteiger partial charge on any atom is 0.335 e. The number of hydrogen-bond donors (Lipinski definition) is 0. The van der Waals surface area contributed by atoms with E-state index in [1.807, 2.05) is 20.8 Å². The third-order valence-electron chi connectivity index (χ3n) is 8.26. The van der Waals surface area contributed by atoms with Crippen LogP contribution in [0.15, 0.2) is 35.3 Å². The molecule has 1 saturated carbocycles. The predicted molar refractivity (Wildman–Crippen MR) is 119 cm³/mol. The van der Waals surface area contributed by atoms with Crippen LogP contribution < -0.4 is 0 Å². The Bertz CT molecular complexity index is 833. The van der Waals surface area contributed by atoms with Gasteiger partial charge in [-0.05, 0) is 81.8 Å². The molecule has 2 saturated heterocycles. The summed E-state index contributed by atoms with van der Waals surface area (Å²) in [4.78, 5) is 12.0. The van der Waals surface area contributed by atoms with Crippen molar-refractivity contribution in [2.45, 2.75) is 78.6 Å². The van der Waals surface area contributed by atoms with Crippen LogP contribution in [0.25, 0.3) is 0 Å². The molecule has 4 aliphatic rings. The first-order chi connectivity index (χ1) is 14.5. The van der Waals surface area contributed by atoms with Gasteiger partial charge in [0.15, 0.2) is 0 Å². The summed E-state index contributed by atoms with van der Waals surface area (Å²) in [7, 11) is 1.72. The van der Waals surface area contributed by atoms with Gasteiger partial charge in [0.25, 0.3) is 0 Å². The van der Waals surface area contributed by atoms with Crippen LogP contribution in [0, 0.1) is 29.1 Å². The summed E-state index contributed by atoms with van der Waals surface area (Å²) >= 11 is 0. The highest BCUT2D eigenvalue weighted by atomic mass is 16.7. The van der Waals surface area contributed by atoms with Gasteiger partial charge in [0.2, 0.25) is 5.79 Å². The third-order valence-corrected chi connectivity index (χ3v) is 8.26. The lowest BCUT2D eigenvalue weighted by atomic mass is 9.56. The van der Waals surface area contributed by atoms with Crippen LogP contribution in [-0.4, -0.2) is 31.1 Å². The Morgan fingerprint density at radius 3 is 2.55 bits per heavy atom. The molecule has 6 atom stereocenters. The molecule has 1 unspecified atom stereocenters. The fourth-order valence-corrected chi connectivity index (χ4v) is 6.54. The fraction of sp³-hybridized carbons (Fsp3) is 0.731. The summed E-state index contributed by atoms with van der Waals surface area (Å²) in [5.74, 6) is 1.45. The first-order valence-electron chi connectivity index (χ1n) is 11.6. The van der Waals surface area contributed by atoms with Gasteiger partial charge in [-0.2, -0.15) is 0 Å². The molecular weight excluding hydrogens is 392 g/mol. The van der Waals surface area contributed by atoms with Crippen molar-refractivity contribution in [2.24, 2.45) is 29.1 Å². The average Bonchev–Trinajstić information content (AvgIpc) is 2.98. The van der Waals surface area contributed by atoms with Gasteiger partial charge in [-0.1, -0.05) is 12.5 Å². The molecule has 0 spiro atoms. The number of ether oxygens (including phenoxy) is 4. The fourth-order valence-electron chi connectivity index (χ4n) is 6.54. The Kier molecular flexibility index (Phi) is 5.66. The van der Waals surface area contributed by atoms with Gasteiger partial charge in [0.1, 0.15) is 5.76 Å². The molecule has 5 heteroatoms. The van der Waals surface area contributed by atoms with Gasteiger partial charge in [0.05, 0.1) is 18.5 Å². The van der Waals surface area contributed by atoms with Gasteiger partial charge in [-0.15, -0.1) is 0 Å². The molecule has 5 nitrogen and oxygen atoms in total. The van der Waals surface area contributed by atoms with Gasteiger partial charge in [0, 0.05) is 32.4 Å². The molecule has 0 N–H and O–H groups in total. The lowest BCUT2D eigenvalue weighted by Gasteiger charge is -2.52. The number of carbonyl (C=O) groups excluding carboxylic acids is 1. The van der Waals surface area contributed by atoms with Crippen molar-refractivity contribution in [3.05, 3.63) is 35.3 Å². The standard InChI is InChI=1S/C26H38O5/c1-16(2)12-22(27)29-11-9-21-18-14-26(6,28-7)31-23(18)19-15-30-24(3,4)20-8-10-25(21,5)13-17(19)20/h9,11-12,17-18,20-21H,8,10,13-15H2,1-7H3/b11-9+/t17?,18-,20+,21-,25-,26-/m0/s1. The normalized spacial score (nSPS) is 40.7. The van der Waals surface area contributed by atoms with E-state index in [2.05, 4.69) is 26.8 Å². The maximum atomic E-state index is 12.0. The topological polar surface area (TPSA) is 54.0 Å². The van der Waals surface area contributed by atoms with Crippen molar-refractivity contribution in [3.63, 3.8) is 0 Å². The minimum absolute atomic E-state index is 0.105. The largest absolute Gasteiger partial charge is 0.467 e. The lowest BCUT2D eigenvalue weighted by Crippen LogP contribution is -2.50. The van der Waals surface area contributed by atoms with Crippen molar-refractivity contribution in [3.8, 4) is 0 Å². The monoisotopic (exact) mass is 430 g/mol. The van der Waals surface area contributed by atoms with Crippen molar-refractivity contribution in [1.82, 2.24) is 0 Å². The summed E-state index contributed by atoms with van der Waals surface area (Å²) in [6.45, 7) is 13.3. The molecule has 2 heterocycles. The van der Waals surface area contributed by atoms with Crippen LogP contribution in [0.5, 0.6) is 0 Å². The second kappa shape index (κ2) is 7.77. The molecule has 4 rings (SSSR count). The molecule has 31 heavy (non-hydrogen) atoms. The van der Waals surface area contributed by atoms with Crippen LogP contribution >= 0.6 is 0 Å². The average molecular weight is 431 g/mol. The summed E-state index contributed by atoms with van der Waals surface area (Å²) in [6, 6.07) is 0. The summed E-state index contributed by atoms with van der Waals surface area (Å²) in [5.41, 5.74) is 2.24. The van der Waals surface area contributed by atoms with E-state index in [9.17, 15) is 4.79 Å². The number of rotatable bonds is 4. The summed E-state index contributed by atoms with van der Waals surface area (Å²) < 4.78 is 24.1. The molecule has 0 aromatic rings. The van der Waals surface area contributed by atoms with E-state index in [0.717, 1.165) is 37.0 Å². The SMILES string of the molecule is CO[C@]1(C)C[C@@H]2C(=C3COC(C)(C)[C@@H]4CC[C@@](C)(CC34)[C@H]2/C=C/OC(=O)C=C(C)C)O1. The van der Waals surface area contributed by atoms with Gasteiger partial charge in [-0.3, -0.25) is 0 Å². The molecule has 0 amide bonds. The minimum Gasteiger partial charge on any atom is -0.467 e. The van der Waals surface area contributed by atoms with Crippen molar-refractivity contribution in [2.75, 3.05) is 13.7 Å². The van der Waals surface area contributed by atoms with E-state index >= 15 is 0 Å². The van der Waals surface area contributed by atoms with Crippen LogP contribution in [0.4, 0.5) is 0 Å². The lowest BCUT2D eigenvalue weighted by molar-refractivity contribution is -0.168.